The topological polar surface area (TPSA) is 91.6 Å². The van der Waals surface area contributed by atoms with Crippen molar-refractivity contribution in [1.82, 2.24) is 10.6 Å². The molecule has 0 bridgehead atoms. The smallest absolute Gasteiger partial charge is 0.292 e. The number of nitro groups is 1. The monoisotopic (exact) mass is 347 g/mol. The fourth-order valence-electron chi connectivity index (χ4n) is 2.06. The minimum absolute atomic E-state index is 0.0792. The Kier molecular flexibility index (Phi) is 7.03. The number of nitro benzene ring substituents is 1. The molecule has 0 amide bonds. The number of nitrogens with one attached hydrogen (secondary N) is 3. The summed E-state index contributed by atoms with van der Waals surface area (Å²) in [6, 6.07) is 8.67. The molecule has 0 atom stereocenters. The van der Waals surface area contributed by atoms with Crippen LogP contribution in [0.5, 0.6) is 0 Å². The van der Waals surface area contributed by atoms with E-state index in [1.165, 1.54) is 11.6 Å². The van der Waals surface area contributed by atoms with E-state index in [9.17, 15) is 10.1 Å². The number of thiophene rings is 1. The van der Waals surface area contributed by atoms with Crippen LogP contribution in [0.1, 0.15) is 12.5 Å². The summed E-state index contributed by atoms with van der Waals surface area (Å²) in [6.07, 6.45) is 0. The van der Waals surface area contributed by atoms with Gasteiger partial charge in [0.05, 0.1) is 11.5 Å². The molecule has 0 aliphatic carbocycles. The SMILES string of the molecule is CCNC(=NCc1ccsc1)NCCNc1ccccc1[N+](=O)[O-]. The molecule has 0 saturated carbocycles. The molecule has 24 heavy (non-hydrogen) atoms. The van der Waals surface area contributed by atoms with Crippen LogP contribution in [0.4, 0.5) is 11.4 Å². The van der Waals surface area contributed by atoms with Gasteiger partial charge in [0.15, 0.2) is 5.96 Å². The molecule has 2 rings (SSSR count). The van der Waals surface area contributed by atoms with Crippen LogP contribution in [0.25, 0.3) is 0 Å². The fraction of sp³-hybridized carbons (Fsp3) is 0.312. The second kappa shape index (κ2) is 9.51. The standard InChI is InChI=1S/C16H21N5O2S/c1-2-17-16(20-11-13-7-10-24-12-13)19-9-8-18-14-5-3-4-6-15(14)21(22)23/h3-7,10,12,18H,2,8-9,11H2,1H3,(H2,17,19,20). The highest BCUT2D eigenvalue weighted by atomic mass is 32.1. The number of hydrogen-bond donors (Lipinski definition) is 3. The molecule has 0 aliphatic rings. The second-order valence-electron chi connectivity index (χ2n) is 4.95. The van der Waals surface area contributed by atoms with E-state index in [0.717, 1.165) is 12.5 Å². The number of nitrogens with zero attached hydrogens (tertiary/aromatic N) is 2. The molecule has 1 heterocycles. The molecule has 0 fully saturated rings. The largest absolute Gasteiger partial charge is 0.378 e. The van der Waals surface area contributed by atoms with Gasteiger partial charge in [-0.3, -0.25) is 10.1 Å². The van der Waals surface area contributed by atoms with E-state index in [4.69, 9.17) is 0 Å². The van der Waals surface area contributed by atoms with Crippen LogP contribution >= 0.6 is 11.3 Å². The molecule has 2 aromatic rings. The first kappa shape index (κ1) is 17.7. The van der Waals surface area contributed by atoms with E-state index < -0.39 is 0 Å². The Hall–Kier alpha value is -2.61. The predicted molar refractivity (Wildman–Crippen MR) is 98.7 cm³/mol. The summed E-state index contributed by atoms with van der Waals surface area (Å²) in [6.45, 7) is 4.55. The number of guanidine groups is 1. The zero-order valence-electron chi connectivity index (χ0n) is 13.5. The van der Waals surface area contributed by atoms with Gasteiger partial charge in [0, 0.05) is 25.7 Å². The molecule has 0 spiro atoms. The van der Waals surface area contributed by atoms with Crippen molar-refractivity contribution in [1.29, 1.82) is 0 Å². The van der Waals surface area contributed by atoms with Crippen molar-refractivity contribution in [3.8, 4) is 0 Å². The maximum Gasteiger partial charge on any atom is 0.292 e. The Labute approximate surface area is 145 Å². The highest BCUT2D eigenvalue weighted by Gasteiger charge is 2.11. The van der Waals surface area contributed by atoms with Crippen LogP contribution in [-0.4, -0.2) is 30.5 Å². The van der Waals surface area contributed by atoms with Crippen LogP contribution in [0.2, 0.25) is 0 Å². The number of para-hydroxylation sites is 2. The van der Waals surface area contributed by atoms with Crippen molar-refractivity contribution in [3.63, 3.8) is 0 Å². The highest BCUT2D eigenvalue weighted by Crippen LogP contribution is 2.22. The molecular formula is C16H21N5O2S. The molecular weight excluding hydrogens is 326 g/mol. The van der Waals surface area contributed by atoms with Gasteiger partial charge in [-0.2, -0.15) is 11.3 Å². The van der Waals surface area contributed by atoms with Crippen LogP contribution < -0.4 is 16.0 Å². The van der Waals surface area contributed by atoms with Crippen molar-refractivity contribution in [3.05, 3.63) is 56.8 Å². The lowest BCUT2D eigenvalue weighted by Crippen LogP contribution is -2.39. The lowest BCUT2D eigenvalue weighted by atomic mass is 10.2. The van der Waals surface area contributed by atoms with Gasteiger partial charge in [-0.1, -0.05) is 12.1 Å². The van der Waals surface area contributed by atoms with Crippen molar-refractivity contribution < 1.29 is 4.92 Å². The van der Waals surface area contributed by atoms with E-state index in [1.807, 2.05) is 18.4 Å². The molecule has 7 nitrogen and oxygen atoms in total. The Morgan fingerprint density at radius 3 is 2.79 bits per heavy atom. The fourth-order valence-corrected chi connectivity index (χ4v) is 2.71. The van der Waals surface area contributed by atoms with E-state index in [-0.39, 0.29) is 10.6 Å². The summed E-state index contributed by atoms with van der Waals surface area (Å²) >= 11 is 1.65. The third-order valence-electron chi connectivity index (χ3n) is 3.18. The molecule has 1 aromatic heterocycles. The first-order valence-corrected chi connectivity index (χ1v) is 8.65. The zero-order valence-corrected chi connectivity index (χ0v) is 14.3. The third-order valence-corrected chi connectivity index (χ3v) is 3.91. The van der Waals surface area contributed by atoms with Crippen LogP contribution in [0.3, 0.4) is 0 Å². The van der Waals surface area contributed by atoms with Gasteiger partial charge in [0.25, 0.3) is 5.69 Å². The Bertz CT molecular complexity index is 673. The summed E-state index contributed by atoms with van der Waals surface area (Å²) in [4.78, 5) is 15.1. The number of benzene rings is 1. The average molecular weight is 347 g/mol. The predicted octanol–water partition coefficient (Wildman–Crippen LogP) is 2.82. The Morgan fingerprint density at radius 2 is 2.08 bits per heavy atom. The summed E-state index contributed by atoms with van der Waals surface area (Å²) in [5.74, 6) is 0.730. The lowest BCUT2D eigenvalue weighted by Gasteiger charge is -2.12. The minimum atomic E-state index is -0.387. The van der Waals surface area contributed by atoms with E-state index in [0.29, 0.717) is 25.3 Å². The van der Waals surface area contributed by atoms with Gasteiger partial charge >= 0.3 is 0 Å². The van der Waals surface area contributed by atoms with E-state index >= 15 is 0 Å². The Balaban J connectivity index is 1.82. The van der Waals surface area contributed by atoms with E-state index in [1.54, 1.807) is 29.5 Å². The molecule has 0 radical (unpaired) electrons. The highest BCUT2D eigenvalue weighted by molar-refractivity contribution is 7.07. The van der Waals surface area contributed by atoms with Crippen molar-refractivity contribution in [2.45, 2.75) is 13.5 Å². The molecule has 3 N–H and O–H groups in total. The quantitative estimate of drug-likeness (QED) is 0.224. The van der Waals surface area contributed by atoms with Crippen LogP contribution in [0.15, 0.2) is 46.1 Å². The van der Waals surface area contributed by atoms with Crippen molar-refractivity contribution in [2.24, 2.45) is 4.99 Å². The first-order valence-electron chi connectivity index (χ1n) is 7.71. The van der Waals surface area contributed by atoms with Gasteiger partial charge in [-0.05, 0) is 35.4 Å². The molecule has 0 aliphatic heterocycles. The molecule has 128 valence electrons. The summed E-state index contributed by atoms with van der Waals surface area (Å²) < 4.78 is 0. The van der Waals surface area contributed by atoms with Gasteiger partial charge < -0.3 is 16.0 Å². The molecule has 1 aromatic carbocycles. The average Bonchev–Trinajstić information content (AvgIpc) is 3.10. The van der Waals surface area contributed by atoms with Crippen LogP contribution in [0, 0.1) is 10.1 Å². The molecule has 0 saturated heterocycles. The maximum absolute atomic E-state index is 11.0. The van der Waals surface area contributed by atoms with Gasteiger partial charge in [-0.25, -0.2) is 4.99 Å². The zero-order chi connectivity index (χ0) is 17.2. The number of aliphatic imine (C=N–C) groups is 1. The van der Waals surface area contributed by atoms with Crippen LogP contribution in [-0.2, 0) is 6.54 Å². The van der Waals surface area contributed by atoms with Gasteiger partial charge in [-0.15, -0.1) is 0 Å². The maximum atomic E-state index is 11.0. The third kappa shape index (κ3) is 5.54. The Morgan fingerprint density at radius 1 is 1.25 bits per heavy atom. The number of rotatable bonds is 8. The van der Waals surface area contributed by atoms with Gasteiger partial charge in [0.1, 0.15) is 5.69 Å². The first-order chi connectivity index (χ1) is 11.7. The summed E-state index contributed by atoms with van der Waals surface area (Å²) in [5.41, 5.74) is 1.77. The lowest BCUT2D eigenvalue weighted by molar-refractivity contribution is -0.384. The number of hydrogen-bond acceptors (Lipinski definition) is 5. The van der Waals surface area contributed by atoms with Crippen molar-refractivity contribution in [2.75, 3.05) is 25.0 Å². The minimum Gasteiger partial charge on any atom is -0.378 e. The molecule has 0 unspecified atom stereocenters. The van der Waals surface area contributed by atoms with E-state index in [2.05, 4.69) is 26.3 Å². The summed E-state index contributed by atoms with van der Waals surface area (Å²) in [7, 11) is 0. The summed E-state index contributed by atoms with van der Waals surface area (Å²) in [5, 5.41) is 24.5. The normalized spacial score (nSPS) is 11.1. The van der Waals surface area contributed by atoms with Crippen molar-refractivity contribution >= 4 is 28.7 Å². The second-order valence-corrected chi connectivity index (χ2v) is 5.73. The molecule has 8 heteroatoms. The van der Waals surface area contributed by atoms with Gasteiger partial charge in [0.2, 0.25) is 0 Å². The number of anilines is 1.